The number of amides is 1. The number of anilines is 2. The highest BCUT2D eigenvalue weighted by Crippen LogP contribution is 2.30. The summed E-state index contributed by atoms with van der Waals surface area (Å²) in [5, 5.41) is 2.88. The minimum Gasteiger partial charge on any atom is -0.496 e. The molecule has 6 heteroatoms. The minimum atomic E-state index is -0.289. The van der Waals surface area contributed by atoms with Crippen LogP contribution in [0.25, 0.3) is 0 Å². The molecule has 1 atom stereocenters. The number of methoxy groups -OCH3 is 2. The molecule has 0 aliphatic carbocycles. The van der Waals surface area contributed by atoms with Crippen LogP contribution in [0, 0.1) is 0 Å². The molecule has 1 aromatic carbocycles. The summed E-state index contributed by atoms with van der Waals surface area (Å²) in [5.74, 6) is 1.61. The molecule has 0 bridgehead atoms. The van der Waals surface area contributed by atoms with E-state index in [0.29, 0.717) is 28.8 Å². The van der Waals surface area contributed by atoms with Crippen molar-refractivity contribution in [3.05, 3.63) is 42.1 Å². The van der Waals surface area contributed by atoms with E-state index in [0.717, 1.165) is 18.8 Å². The molecule has 27 heavy (non-hydrogen) atoms. The number of piperidine rings is 1. The number of aromatic nitrogens is 1. The standard InChI is InChI=1S/C21H27N3O3/c1-4-16-8-5-6-13-24(16)19-12-11-15(14-22-19)23-21(25)20-17(26-2)9-7-10-18(20)27-3/h7,9-12,14,16H,4-6,8,13H2,1-3H3,(H,23,25). The van der Waals surface area contributed by atoms with Gasteiger partial charge in [-0.1, -0.05) is 13.0 Å². The lowest BCUT2D eigenvalue weighted by molar-refractivity contribution is 0.102. The molecule has 1 N–H and O–H groups in total. The maximum absolute atomic E-state index is 12.7. The van der Waals surface area contributed by atoms with Crippen LogP contribution < -0.4 is 19.7 Å². The van der Waals surface area contributed by atoms with E-state index in [-0.39, 0.29) is 5.91 Å². The maximum Gasteiger partial charge on any atom is 0.263 e. The smallest absolute Gasteiger partial charge is 0.263 e. The number of ether oxygens (including phenoxy) is 2. The van der Waals surface area contributed by atoms with E-state index in [1.807, 2.05) is 12.1 Å². The van der Waals surface area contributed by atoms with Crippen molar-refractivity contribution < 1.29 is 14.3 Å². The van der Waals surface area contributed by atoms with Crippen LogP contribution in [0.3, 0.4) is 0 Å². The number of rotatable bonds is 6. The second-order valence-corrected chi connectivity index (χ2v) is 6.65. The molecule has 1 amide bonds. The Hall–Kier alpha value is -2.76. The fraction of sp³-hybridized carbons (Fsp3) is 0.429. The Balaban J connectivity index is 1.76. The van der Waals surface area contributed by atoms with Gasteiger partial charge in [-0.15, -0.1) is 0 Å². The van der Waals surface area contributed by atoms with Gasteiger partial charge in [0.1, 0.15) is 22.9 Å². The van der Waals surface area contributed by atoms with Crippen molar-refractivity contribution in [3.8, 4) is 11.5 Å². The molecule has 144 valence electrons. The summed E-state index contributed by atoms with van der Waals surface area (Å²) in [4.78, 5) is 19.7. The quantitative estimate of drug-likeness (QED) is 0.830. The van der Waals surface area contributed by atoms with E-state index in [1.165, 1.54) is 33.5 Å². The first-order valence-electron chi connectivity index (χ1n) is 9.43. The van der Waals surface area contributed by atoms with E-state index in [2.05, 4.69) is 22.1 Å². The number of hydrogen-bond acceptors (Lipinski definition) is 5. The van der Waals surface area contributed by atoms with Crippen molar-refractivity contribution in [2.24, 2.45) is 0 Å². The molecular formula is C21H27N3O3. The summed E-state index contributed by atoms with van der Waals surface area (Å²) in [6, 6.07) is 9.67. The minimum absolute atomic E-state index is 0.289. The summed E-state index contributed by atoms with van der Waals surface area (Å²) < 4.78 is 10.6. The fourth-order valence-corrected chi connectivity index (χ4v) is 3.63. The molecule has 0 spiro atoms. The molecule has 2 heterocycles. The van der Waals surface area contributed by atoms with Gasteiger partial charge in [-0.3, -0.25) is 4.79 Å². The van der Waals surface area contributed by atoms with Crippen molar-refractivity contribution >= 4 is 17.4 Å². The van der Waals surface area contributed by atoms with Crippen LogP contribution in [0.5, 0.6) is 11.5 Å². The SMILES string of the molecule is CCC1CCCCN1c1ccc(NC(=O)c2c(OC)cccc2OC)cn1. The highest BCUT2D eigenvalue weighted by Gasteiger charge is 2.22. The molecule has 0 saturated carbocycles. The molecule has 6 nitrogen and oxygen atoms in total. The first-order valence-corrected chi connectivity index (χ1v) is 9.43. The van der Waals surface area contributed by atoms with Crippen LogP contribution in [0.4, 0.5) is 11.5 Å². The van der Waals surface area contributed by atoms with Crippen molar-refractivity contribution in [2.75, 3.05) is 31.0 Å². The van der Waals surface area contributed by atoms with E-state index in [1.54, 1.807) is 24.4 Å². The van der Waals surface area contributed by atoms with E-state index in [9.17, 15) is 4.79 Å². The highest BCUT2D eigenvalue weighted by molar-refractivity contribution is 6.08. The van der Waals surface area contributed by atoms with Gasteiger partial charge in [0.2, 0.25) is 0 Å². The number of benzene rings is 1. The van der Waals surface area contributed by atoms with Crippen LogP contribution in [0.15, 0.2) is 36.5 Å². The number of carbonyl (C=O) groups excluding carboxylic acids is 1. The van der Waals surface area contributed by atoms with Gasteiger partial charge in [0.25, 0.3) is 5.91 Å². The van der Waals surface area contributed by atoms with Crippen LogP contribution >= 0.6 is 0 Å². The zero-order valence-corrected chi connectivity index (χ0v) is 16.2. The zero-order valence-electron chi connectivity index (χ0n) is 16.2. The van der Waals surface area contributed by atoms with E-state index in [4.69, 9.17) is 9.47 Å². The van der Waals surface area contributed by atoms with Crippen molar-refractivity contribution in [2.45, 2.75) is 38.6 Å². The van der Waals surface area contributed by atoms with Crippen LogP contribution in [0.2, 0.25) is 0 Å². The molecule has 2 aromatic rings. The van der Waals surface area contributed by atoms with Gasteiger partial charge in [0.15, 0.2) is 0 Å². The summed E-state index contributed by atoms with van der Waals surface area (Å²) in [7, 11) is 3.06. The lowest BCUT2D eigenvalue weighted by atomic mass is 10.00. The lowest BCUT2D eigenvalue weighted by Crippen LogP contribution is -2.39. The predicted octanol–water partition coefficient (Wildman–Crippen LogP) is 4.12. The van der Waals surface area contributed by atoms with Gasteiger partial charge in [-0.2, -0.15) is 0 Å². The number of pyridine rings is 1. The van der Waals surface area contributed by atoms with Gasteiger partial charge >= 0.3 is 0 Å². The average Bonchev–Trinajstić information content (AvgIpc) is 2.73. The Kier molecular flexibility index (Phi) is 6.16. The third kappa shape index (κ3) is 4.15. The Bertz CT molecular complexity index is 754. The van der Waals surface area contributed by atoms with Gasteiger partial charge in [0, 0.05) is 12.6 Å². The highest BCUT2D eigenvalue weighted by atomic mass is 16.5. The van der Waals surface area contributed by atoms with Crippen molar-refractivity contribution in [3.63, 3.8) is 0 Å². The number of carbonyl (C=O) groups is 1. The molecule has 1 unspecified atom stereocenters. The number of hydrogen-bond donors (Lipinski definition) is 1. The Morgan fingerprint density at radius 2 is 1.93 bits per heavy atom. The van der Waals surface area contributed by atoms with Gasteiger partial charge in [-0.25, -0.2) is 4.98 Å². The molecule has 1 fully saturated rings. The van der Waals surface area contributed by atoms with Gasteiger partial charge < -0.3 is 19.7 Å². The monoisotopic (exact) mass is 369 g/mol. The Morgan fingerprint density at radius 1 is 1.19 bits per heavy atom. The molecule has 0 radical (unpaired) electrons. The second kappa shape index (κ2) is 8.75. The normalized spacial score (nSPS) is 16.7. The Labute approximate surface area is 160 Å². The summed E-state index contributed by atoms with van der Waals surface area (Å²) in [6.07, 6.45) is 6.52. The number of nitrogens with zero attached hydrogens (tertiary/aromatic N) is 2. The van der Waals surface area contributed by atoms with E-state index < -0.39 is 0 Å². The largest absolute Gasteiger partial charge is 0.496 e. The molecule has 1 aliphatic heterocycles. The predicted molar refractivity (Wildman–Crippen MR) is 107 cm³/mol. The van der Waals surface area contributed by atoms with Crippen LogP contribution in [-0.4, -0.2) is 37.7 Å². The van der Waals surface area contributed by atoms with Crippen LogP contribution in [-0.2, 0) is 0 Å². The summed E-state index contributed by atoms with van der Waals surface area (Å²) >= 11 is 0. The van der Waals surface area contributed by atoms with Gasteiger partial charge in [-0.05, 0) is 49.9 Å². The lowest BCUT2D eigenvalue weighted by Gasteiger charge is -2.36. The third-order valence-electron chi connectivity index (χ3n) is 5.05. The third-order valence-corrected chi connectivity index (χ3v) is 5.05. The average molecular weight is 369 g/mol. The van der Waals surface area contributed by atoms with E-state index >= 15 is 0 Å². The zero-order chi connectivity index (χ0) is 19.2. The van der Waals surface area contributed by atoms with Crippen molar-refractivity contribution in [1.82, 2.24) is 4.98 Å². The molecule has 3 rings (SSSR count). The summed E-state index contributed by atoms with van der Waals surface area (Å²) in [5.41, 5.74) is 1.01. The van der Waals surface area contributed by atoms with Crippen molar-refractivity contribution in [1.29, 1.82) is 0 Å². The Morgan fingerprint density at radius 3 is 2.52 bits per heavy atom. The first kappa shape index (κ1) is 19.0. The first-order chi connectivity index (χ1) is 13.2. The fourth-order valence-electron chi connectivity index (χ4n) is 3.63. The molecular weight excluding hydrogens is 342 g/mol. The van der Waals surface area contributed by atoms with Crippen LogP contribution in [0.1, 0.15) is 43.0 Å². The molecule has 1 aliphatic rings. The molecule has 1 aromatic heterocycles. The topological polar surface area (TPSA) is 63.7 Å². The second-order valence-electron chi connectivity index (χ2n) is 6.65. The van der Waals surface area contributed by atoms with Gasteiger partial charge in [0.05, 0.1) is 26.1 Å². The molecule has 1 saturated heterocycles. The number of nitrogens with one attached hydrogen (secondary N) is 1. The summed E-state index contributed by atoms with van der Waals surface area (Å²) in [6.45, 7) is 3.26. The maximum atomic E-state index is 12.7.